The summed E-state index contributed by atoms with van der Waals surface area (Å²) in [7, 11) is 2.34. The van der Waals surface area contributed by atoms with E-state index in [1.165, 1.54) is 59.9 Å². The molecule has 1 atom stereocenters. The van der Waals surface area contributed by atoms with Gasteiger partial charge >= 0.3 is 0 Å². The number of methoxy groups -OCH3 is 1. The Hall–Kier alpha value is -1.41. The third-order valence-electron chi connectivity index (χ3n) is 6.44. The SMILES string of the molecule is COCOc1c(C)cc(C(C)(C)C)cc1C(C)(C)Pc1ccccc1CN1CCCCC1. The van der Waals surface area contributed by atoms with Crippen LogP contribution in [0.3, 0.4) is 0 Å². The fourth-order valence-electron chi connectivity index (χ4n) is 4.52. The highest BCUT2D eigenvalue weighted by Gasteiger charge is 2.30. The van der Waals surface area contributed by atoms with Crippen LogP contribution >= 0.6 is 8.58 Å². The first-order valence-electron chi connectivity index (χ1n) is 12.0. The summed E-state index contributed by atoms with van der Waals surface area (Å²) in [5.74, 6) is 0.978. The quantitative estimate of drug-likeness (QED) is 0.335. The molecule has 0 saturated carbocycles. The Kier molecular flexibility index (Phi) is 8.42. The zero-order chi connectivity index (χ0) is 23.4. The Morgan fingerprint density at radius 3 is 2.31 bits per heavy atom. The van der Waals surface area contributed by atoms with Crippen LogP contribution in [0.4, 0.5) is 0 Å². The lowest BCUT2D eigenvalue weighted by molar-refractivity contribution is 0.0496. The summed E-state index contributed by atoms with van der Waals surface area (Å²) < 4.78 is 11.4. The lowest BCUT2D eigenvalue weighted by Crippen LogP contribution is -2.31. The maximum atomic E-state index is 6.13. The maximum Gasteiger partial charge on any atom is 0.188 e. The summed E-state index contributed by atoms with van der Waals surface area (Å²) in [6, 6.07) is 13.7. The van der Waals surface area contributed by atoms with Gasteiger partial charge in [-0.25, -0.2) is 0 Å². The van der Waals surface area contributed by atoms with Crippen molar-refractivity contribution in [2.75, 3.05) is 27.0 Å². The number of nitrogens with zero attached hydrogens (tertiary/aromatic N) is 1. The summed E-state index contributed by atoms with van der Waals surface area (Å²) in [5.41, 5.74) is 5.39. The average Bonchev–Trinajstić information content (AvgIpc) is 2.73. The summed E-state index contributed by atoms with van der Waals surface area (Å²) in [5, 5.41) is 1.42. The lowest BCUT2D eigenvalue weighted by atomic mass is 9.83. The van der Waals surface area contributed by atoms with Gasteiger partial charge in [0.1, 0.15) is 5.75 Å². The summed E-state index contributed by atoms with van der Waals surface area (Å²) in [6.45, 7) is 17.5. The van der Waals surface area contributed by atoms with Gasteiger partial charge in [0.2, 0.25) is 0 Å². The molecule has 0 aliphatic carbocycles. The van der Waals surface area contributed by atoms with E-state index in [0.29, 0.717) is 8.58 Å². The van der Waals surface area contributed by atoms with Crippen LogP contribution in [0.2, 0.25) is 0 Å². The van der Waals surface area contributed by atoms with Gasteiger partial charge in [-0.15, -0.1) is 0 Å². The van der Waals surface area contributed by atoms with E-state index in [0.717, 1.165) is 12.3 Å². The molecular weight excluding hydrogens is 413 g/mol. The fraction of sp³-hybridized carbons (Fsp3) is 0.571. The molecule has 176 valence electrons. The average molecular weight is 456 g/mol. The largest absolute Gasteiger partial charge is 0.467 e. The summed E-state index contributed by atoms with van der Waals surface area (Å²) in [6.07, 6.45) is 4.03. The van der Waals surface area contributed by atoms with Gasteiger partial charge < -0.3 is 9.47 Å². The molecule has 1 aliphatic heterocycles. The summed E-state index contributed by atoms with van der Waals surface area (Å²) in [4.78, 5) is 2.62. The van der Waals surface area contributed by atoms with Crippen molar-refractivity contribution >= 4 is 13.9 Å². The fourth-order valence-corrected chi connectivity index (χ4v) is 6.02. The van der Waals surface area contributed by atoms with Crippen molar-refractivity contribution in [2.24, 2.45) is 0 Å². The van der Waals surface area contributed by atoms with Crippen LogP contribution in [0.1, 0.15) is 76.1 Å². The van der Waals surface area contributed by atoms with Crippen molar-refractivity contribution in [1.82, 2.24) is 4.90 Å². The number of ether oxygens (including phenoxy) is 2. The van der Waals surface area contributed by atoms with E-state index in [2.05, 4.69) is 82.8 Å². The van der Waals surface area contributed by atoms with Crippen LogP contribution in [0.25, 0.3) is 0 Å². The number of hydrogen-bond donors (Lipinski definition) is 0. The van der Waals surface area contributed by atoms with E-state index in [1.807, 2.05) is 0 Å². The number of hydrogen-bond acceptors (Lipinski definition) is 3. The van der Waals surface area contributed by atoms with Crippen molar-refractivity contribution < 1.29 is 9.47 Å². The predicted octanol–water partition coefficient (Wildman–Crippen LogP) is 6.50. The van der Waals surface area contributed by atoms with Crippen molar-refractivity contribution in [3.05, 3.63) is 58.7 Å². The molecule has 4 heteroatoms. The van der Waals surface area contributed by atoms with Gasteiger partial charge in [-0.2, -0.15) is 0 Å². The Labute approximate surface area is 197 Å². The topological polar surface area (TPSA) is 21.7 Å². The minimum absolute atomic E-state index is 0.0485. The lowest BCUT2D eigenvalue weighted by Gasteiger charge is -2.33. The Morgan fingerprint density at radius 1 is 0.969 bits per heavy atom. The minimum Gasteiger partial charge on any atom is -0.467 e. The van der Waals surface area contributed by atoms with Crippen molar-refractivity contribution in [3.63, 3.8) is 0 Å². The second kappa shape index (κ2) is 10.7. The highest BCUT2D eigenvalue weighted by Crippen LogP contribution is 2.47. The molecule has 0 N–H and O–H groups in total. The van der Waals surface area contributed by atoms with Gasteiger partial charge in [-0.1, -0.05) is 86.0 Å². The number of aryl methyl sites for hydroxylation is 1. The number of piperidine rings is 1. The molecule has 0 spiro atoms. The van der Waals surface area contributed by atoms with E-state index in [1.54, 1.807) is 7.11 Å². The first-order valence-corrected chi connectivity index (χ1v) is 13.0. The van der Waals surface area contributed by atoms with Crippen molar-refractivity contribution in [2.45, 2.75) is 77.9 Å². The molecule has 0 radical (unpaired) electrons. The van der Waals surface area contributed by atoms with Crippen LogP contribution in [0, 0.1) is 6.92 Å². The van der Waals surface area contributed by atoms with Crippen LogP contribution in [0.5, 0.6) is 5.75 Å². The maximum absolute atomic E-state index is 6.13. The molecular formula is C28H42NO2P. The molecule has 1 aliphatic rings. The van der Waals surface area contributed by atoms with Gasteiger partial charge in [0.05, 0.1) is 0 Å². The number of likely N-dealkylation sites (tertiary alicyclic amines) is 1. The third-order valence-corrected chi connectivity index (χ3v) is 8.09. The van der Waals surface area contributed by atoms with E-state index in [-0.39, 0.29) is 17.4 Å². The van der Waals surface area contributed by atoms with Crippen LogP contribution < -0.4 is 10.0 Å². The van der Waals surface area contributed by atoms with E-state index >= 15 is 0 Å². The zero-order valence-corrected chi connectivity index (χ0v) is 22.2. The highest BCUT2D eigenvalue weighted by atomic mass is 31.1. The first-order chi connectivity index (χ1) is 15.1. The highest BCUT2D eigenvalue weighted by molar-refractivity contribution is 7.48. The molecule has 1 saturated heterocycles. The second-order valence-corrected chi connectivity index (χ2v) is 12.8. The Bertz CT molecular complexity index is 895. The summed E-state index contributed by atoms with van der Waals surface area (Å²) >= 11 is 0. The normalized spacial score (nSPS) is 16.1. The second-order valence-electron chi connectivity index (χ2n) is 10.7. The van der Waals surface area contributed by atoms with Gasteiger partial charge in [0, 0.05) is 24.4 Å². The molecule has 0 amide bonds. The molecule has 3 rings (SSSR count). The van der Waals surface area contributed by atoms with Crippen LogP contribution in [0.15, 0.2) is 36.4 Å². The third kappa shape index (κ3) is 6.34. The molecule has 32 heavy (non-hydrogen) atoms. The van der Waals surface area contributed by atoms with Gasteiger partial charge in [-0.3, -0.25) is 4.90 Å². The van der Waals surface area contributed by atoms with Crippen LogP contribution in [-0.4, -0.2) is 31.9 Å². The molecule has 1 fully saturated rings. The molecule has 1 unspecified atom stereocenters. The Balaban J connectivity index is 1.96. The molecule has 0 bridgehead atoms. The predicted molar refractivity (Wildman–Crippen MR) is 139 cm³/mol. The van der Waals surface area contributed by atoms with Gasteiger partial charge in [0.15, 0.2) is 6.79 Å². The molecule has 1 heterocycles. The standard InChI is InChI=1S/C28H42NO2P/c1-21-17-23(27(2,3)4)18-24(26(21)31-20-30-7)28(5,6)32-25-14-10-9-13-22(25)19-29-15-11-8-12-16-29/h9-10,13-14,17-18,32H,8,11-12,15-16,19-20H2,1-7H3. The van der Waals surface area contributed by atoms with Crippen LogP contribution in [-0.2, 0) is 21.9 Å². The van der Waals surface area contributed by atoms with E-state index in [9.17, 15) is 0 Å². The zero-order valence-electron chi connectivity index (χ0n) is 21.2. The number of rotatable bonds is 8. The Morgan fingerprint density at radius 2 is 1.66 bits per heavy atom. The molecule has 2 aromatic carbocycles. The minimum atomic E-state index is -0.0485. The van der Waals surface area contributed by atoms with Gasteiger partial charge in [0.25, 0.3) is 0 Å². The molecule has 0 aromatic heterocycles. The van der Waals surface area contributed by atoms with Crippen molar-refractivity contribution in [3.8, 4) is 5.75 Å². The smallest absolute Gasteiger partial charge is 0.188 e. The number of benzene rings is 2. The molecule has 3 nitrogen and oxygen atoms in total. The van der Waals surface area contributed by atoms with Crippen molar-refractivity contribution in [1.29, 1.82) is 0 Å². The first kappa shape index (κ1) is 25.2. The van der Waals surface area contributed by atoms with E-state index < -0.39 is 0 Å². The van der Waals surface area contributed by atoms with Gasteiger partial charge in [-0.05, 0) is 60.3 Å². The molecule has 2 aromatic rings. The van der Waals surface area contributed by atoms with E-state index in [4.69, 9.17) is 9.47 Å². The monoisotopic (exact) mass is 455 g/mol.